The number of hydroxylamine groups is 1. The van der Waals surface area contributed by atoms with Crippen molar-refractivity contribution in [2.75, 3.05) is 5.75 Å². The van der Waals surface area contributed by atoms with Crippen molar-refractivity contribution in [1.29, 1.82) is 0 Å². The molecule has 0 bridgehead atoms. The molecule has 0 atom stereocenters. The van der Waals surface area contributed by atoms with Crippen LogP contribution in [0.2, 0.25) is 0 Å². The molecule has 1 N–H and O–H groups in total. The zero-order valence-corrected chi connectivity index (χ0v) is 8.48. The van der Waals surface area contributed by atoms with Crippen LogP contribution in [0.3, 0.4) is 0 Å². The zero-order valence-electron chi connectivity index (χ0n) is 7.66. The van der Waals surface area contributed by atoms with Crippen molar-refractivity contribution in [1.82, 2.24) is 5.48 Å². The van der Waals surface area contributed by atoms with Crippen LogP contribution in [-0.4, -0.2) is 49.6 Å². The Morgan fingerprint density at radius 2 is 2.00 bits per heavy atom. The van der Waals surface area contributed by atoms with Gasteiger partial charge in [0.2, 0.25) is 0 Å². The predicted molar refractivity (Wildman–Crippen MR) is 55.3 cm³/mol. The van der Waals surface area contributed by atoms with Crippen molar-refractivity contribution < 1.29 is 17.5 Å². The first kappa shape index (κ1) is 16.5. The van der Waals surface area contributed by atoms with Gasteiger partial charge < -0.3 is 0 Å². The molecule has 0 aromatic rings. The summed E-state index contributed by atoms with van der Waals surface area (Å²) in [7, 11) is -3.63. The minimum absolute atomic E-state index is 0. The van der Waals surface area contributed by atoms with Gasteiger partial charge in [0.15, 0.2) is 0 Å². The van der Waals surface area contributed by atoms with E-state index < -0.39 is 16.0 Å². The van der Waals surface area contributed by atoms with Gasteiger partial charge in [-0.05, 0) is 13.3 Å². The van der Waals surface area contributed by atoms with E-state index in [1.165, 1.54) is 6.92 Å². The predicted octanol–water partition coefficient (Wildman–Crippen LogP) is -0.298. The molecule has 5 nitrogen and oxygen atoms in total. The van der Waals surface area contributed by atoms with Gasteiger partial charge in [0.1, 0.15) is 0 Å². The second-order valence-corrected chi connectivity index (χ2v) is 4.25. The van der Waals surface area contributed by atoms with Gasteiger partial charge in [-0.2, -0.15) is 8.42 Å². The van der Waals surface area contributed by atoms with E-state index in [9.17, 15) is 13.2 Å². The van der Waals surface area contributed by atoms with E-state index in [0.717, 1.165) is 0 Å². The molecule has 0 radical (unpaired) electrons. The molecular formula is C7H14NNaO4S. The van der Waals surface area contributed by atoms with E-state index in [1.54, 1.807) is 12.4 Å². The van der Waals surface area contributed by atoms with Gasteiger partial charge in [-0.1, -0.05) is 13.5 Å². The van der Waals surface area contributed by atoms with E-state index >= 15 is 0 Å². The first-order chi connectivity index (χ1) is 5.89. The molecule has 14 heavy (non-hydrogen) atoms. The molecule has 78 valence electrons. The molecule has 0 saturated carbocycles. The van der Waals surface area contributed by atoms with Crippen LogP contribution in [0.15, 0.2) is 12.2 Å². The molecule has 0 aliphatic rings. The van der Waals surface area contributed by atoms with E-state index in [2.05, 4.69) is 10.9 Å². The molecule has 0 saturated heterocycles. The molecule has 0 aliphatic heterocycles. The fourth-order valence-electron chi connectivity index (χ4n) is 0.480. The Hall–Kier alpha value is 0.120. The van der Waals surface area contributed by atoms with E-state index in [-0.39, 0.29) is 40.9 Å². The molecule has 0 heterocycles. The van der Waals surface area contributed by atoms with Crippen molar-refractivity contribution in [2.24, 2.45) is 0 Å². The first-order valence-corrected chi connectivity index (χ1v) is 5.33. The van der Waals surface area contributed by atoms with Crippen molar-refractivity contribution in [2.45, 2.75) is 20.3 Å². The SMILES string of the molecule is C=C(C)C(=O)NOS(=O)(=O)CCC.[NaH]. The number of hydrogen-bond donors (Lipinski definition) is 1. The average Bonchev–Trinajstić information content (AvgIpc) is 2.00. The van der Waals surface area contributed by atoms with Gasteiger partial charge in [-0.15, -0.1) is 4.28 Å². The summed E-state index contributed by atoms with van der Waals surface area (Å²) in [5.74, 6) is -0.761. The summed E-state index contributed by atoms with van der Waals surface area (Å²) in [6.07, 6.45) is 0.436. The summed E-state index contributed by atoms with van der Waals surface area (Å²) in [6.45, 7) is 6.46. The Morgan fingerprint density at radius 3 is 2.36 bits per heavy atom. The molecule has 0 aromatic carbocycles. The maximum absolute atomic E-state index is 10.9. The summed E-state index contributed by atoms with van der Waals surface area (Å²) in [6, 6.07) is 0. The van der Waals surface area contributed by atoms with Crippen molar-refractivity contribution in [3.05, 3.63) is 12.2 Å². The van der Waals surface area contributed by atoms with Crippen LogP contribution in [0, 0.1) is 0 Å². The standard InChI is InChI=1S/C7H13NO4S.Na.H/c1-4-5-13(10,11)12-8-7(9)6(2)3;;/h2,4-5H2,1,3H3,(H,8,9);;. The number of carbonyl (C=O) groups is 1. The fraction of sp³-hybridized carbons (Fsp3) is 0.571. The molecule has 0 aromatic heterocycles. The molecule has 0 fully saturated rings. The number of carbonyl (C=O) groups excluding carboxylic acids is 1. The van der Waals surface area contributed by atoms with Crippen LogP contribution in [0.25, 0.3) is 0 Å². The van der Waals surface area contributed by atoms with Crippen LogP contribution in [0.5, 0.6) is 0 Å². The van der Waals surface area contributed by atoms with E-state index in [1.807, 2.05) is 0 Å². The fourth-order valence-corrected chi connectivity index (χ4v) is 1.27. The molecule has 0 aliphatic carbocycles. The third-order valence-electron chi connectivity index (χ3n) is 1.10. The Balaban J connectivity index is 0. The van der Waals surface area contributed by atoms with E-state index in [4.69, 9.17) is 0 Å². The maximum atomic E-state index is 10.9. The second kappa shape index (κ2) is 7.42. The van der Waals surface area contributed by atoms with Crippen molar-refractivity contribution in [3.8, 4) is 0 Å². The Bertz CT molecular complexity index is 299. The van der Waals surface area contributed by atoms with Crippen LogP contribution in [-0.2, 0) is 19.2 Å². The number of rotatable bonds is 5. The summed E-state index contributed by atoms with van der Waals surface area (Å²) < 4.78 is 26.0. The average molecular weight is 231 g/mol. The number of nitrogens with one attached hydrogen (secondary N) is 1. The molecule has 0 rings (SSSR count). The first-order valence-electron chi connectivity index (χ1n) is 3.76. The summed E-state index contributed by atoms with van der Waals surface area (Å²) in [5.41, 5.74) is 1.97. The Labute approximate surface area is 106 Å². The van der Waals surface area contributed by atoms with Crippen LogP contribution < -0.4 is 5.48 Å². The Morgan fingerprint density at radius 1 is 1.50 bits per heavy atom. The number of hydrogen-bond acceptors (Lipinski definition) is 4. The zero-order chi connectivity index (χ0) is 10.5. The van der Waals surface area contributed by atoms with Gasteiger partial charge in [0.05, 0.1) is 5.75 Å². The van der Waals surface area contributed by atoms with Crippen molar-refractivity contribution >= 4 is 45.6 Å². The van der Waals surface area contributed by atoms with Crippen molar-refractivity contribution in [3.63, 3.8) is 0 Å². The van der Waals surface area contributed by atoms with Gasteiger partial charge in [-0.25, -0.2) is 5.48 Å². The van der Waals surface area contributed by atoms with Crippen LogP contribution in [0.1, 0.15) is 20.3 Å². The van der Waals surface area contributed by atoms with Gasteiger partial charge >= 0.3 is 29.6 Å². The second-order valence-electron chi connectivity index (χ2n) is 2.56. The molecule has 1 amide bonds. The topological polar surface area (TPSA) is 72.5 Å². The molecule has 0 spiro atoms. The monoisotopic (exact) mass is 231 g/mol. The van der Waals surface area contributed by atoms with Gasteiger partial charge in [0.25, 0.3) is 16.0 Å². The van der Waals surface area contributed by atoms with E-state index in [0.29, 0.717) is 6.42 Å². The Kier molecular flexibility index (Phi) is 8.77. The summed E-state index contributed by atoms with van der Waals surface area (Å²) >= 11 is 0. The van der Waals surface area contributed by atoms with Crippen LogP contribution in [0.4, 0.5) is 0 Å². The quantitative estimate of drug-likeness (QED) is 0.400. The third kappa shape index (κ3) is 7.52. The third-order valence-corrected chi connectivity index (χ3v) is 2.35. The van der Waals surface area contributed by atoms with Crippen LogP contribution >= 0.6 is 0 Å². The molecular weight excluding hydrogens is 217 g/mol. The summed E-state index contributed by atoms with van der Waals surface area (Å²) in [5, 5.41) is 0. The molecule has 0 unspecified atom stereocenters. The van der Waals surface area contributed by atoms with Gasteiger partial charge in [-0.3, -0.25) is 4.79 Å². The number of amides is 1. The normalized spacial score (nSPS) is 10.1. The molecule has 7 heteroatoms. The minimum atomic E-state index is -3.63. The summed E-state index contributed by atoms with van der Waals surface area (Å²) in [4.78, 5) is 10.8. The van der Waals surface area contributed by atoms with Gasteiger partial charge in [0, 0.05) is 5.57 Å².